The Hall–Kier alpha value is -5.14. The minimum Gasteiger partial charge on any atom is -0.494 e. The van der Waals surface area contributed by atoms with Gasteiger partial charge in [0, 0.05) is 49.6 Å². The van der Waals surface area contributed by atoms with Crippen LogP contribution >= 0.6 is 0 Å². The molecule has 2 N–H and O–H groups in total. The molecule has 1 aliphatic rings. The highest BCUT2D eigenvalue weighted by molar-refractivity contribution is 5.90. The normalized spacial score (nSPS) is 16.4. The van der Waals surface area contributed by atoms with Gasteiger partial charge in [0.25, 0.3) is 0 Å². The van der Waals surface area contributed by atoms with Crippen molar-refractivity contribution in [3.63, 3.8) is 0 Å². The molecule has 3 heterocycles. The maximum Gasteiger partial charge on any atom is 0.242 e. The van der Waals surface area contributed by atoms with Gasteiger partial charge in [0.05, 0.1) is 19.7 Å². The topological polar surface area (TPSA) is 149 Å². The summed E-state index contributed by atoms with van der Waals surface area (Å²) in [5.74, 6) is 0.673. The maximum absolute atomic E-state index is 13.4. The predicted molar refractivity (Wildman–Crippen MR) is 171 cm³/mol. The largest absolute Gasteiger partial charge is 0.494 e. The fourth-order valence-corrected chi connectivity index (χ4v) is 5.33. The van der Waals surface area contributed by atoms with Crippen molar-refractivity contribution in [2.24, 2.45) is 5.92 Å². The lowest BCUT2D eigenvalue weighted by Gasteiger charge is -2.25. The molecule has 5 rings (SSSR count). The summed E-state index contributed by atoms with van der Waals surface area (Å²) in [7, 11) is 0. The van der Waals surface area contributed by atoms with E-state index >= 15 is 0 Å². The van der Waals surface area contributed by atoms with Crippen molar-refractivity contribution in [1.82, 2.24) is 45.3 Å². The van der Waals surface area contributed by atoms with Gasteiger partial charge in [0.2, 0.25) is 23.5 Å². The highest BCUT2D eigenvalue weighted by Gasteiger charge is 2.24. The van der Waals surface area contributed by atoms with Crippen molar-refractivity contribution in [2.45, 2.75) is 58.7 Å². The molecule has 4 aromatic rings. The number of fused-ring (bicyclic) bond motifs is 4. The Kier molecular flexibility index (Phi) is 11.3. The zero-order chi connectivity index (χ0) is 33.2. The van der Waals surface area contributed by atoms with Gasteiger partial charge in [-0.05, 0) is 66.8 Å². The molecule has 248 valence electrons. The lowest BCUT2D eigenvalue weighted by Crippen LogP contribution is -2.51. The molecule has 2 aromatic carbocycles. The van der Waals surface area contributed by atoms with Crippen molar-refractivity contribution in [2.75, 3.05) is 26.2 Å². The Morgan fingerprint density at radius 1 is 1.11 bits per heavy atom. The minimum absolute atomic E-state index is 0.145. The summed E-state index contributed by atoms with van der Waals surface area (Å²) in [5.41, 5.74) is 1.51. The first-order valence-corrected chi connectivity index (χ1v) is 15.9. The Labute approximate surface area is 272 Å². The number of aromatic nitrogens is 6. The predicted octanol–water partition coefficient (Wildman–Crippen LogP) is 3.08. The molecule has 0 radical (unpaired) electrons. The first-order chi connectivity index (χ1) is 22.7. The molecule has 0 unspecified atom stereocenters. The van der Waals surface area contributed by atoms with Gasteiger partial charge in [0.1, 0.15) is 23.4 Å². The molecule has 14 heteroatoms. The minimum atomic E-state index is -0.741. The molecular formula is C33H40FN9O4. The summed E-state index contributed by atoms with van der Waals surface area (Å²) < 4.78 is 21.2. The van der Waals surface area contributed by atoms with Gasteiger partial charge in [-0.3, -0.25) is 14.4 Å². The highest BCUT2D eigenvalue weighted by atomic mass is 19.1. The molecule has 13 nitrogen and oxygen atoms in total. The number of amides is 3. The van der Waals surface area contributed by atoms with Crippen LogP contribution in [0, 0.1) is 11.7 Å². The van der Waals surface area contributed by atoms with Crippen LogP contribution in [0.3, 0.4) is 0 Å². The van der Waals surface area contributed by atoms with E-state index in [1.165, 1.54) is 21.8 Å². The number of ether oxygens (including phenoxy) is 1. The van der Waals surface area contributed by atoms with Crippen LogP contribution in [0.4, 0.5) is 4.39 Å². The lowest BCUT2D eigenvalue weighted by molar-refractivity contribution is -0.137. The zero-order valence-electron chi connectivity index (χ0n) is 26.6. The standard InChI is InChI=1S/C33H40FN9O4/c1-23(2)20-28-33(46)36-14-18-41-17-13-35-32(41)25-6-3-7-27(21-25)47-19-5-15-42(22-29(44)37-28)30(45)8-4-16-43-39-31(38-40-43)24-9-11-26(34)12-10-24/h3,6-7,9-13,17,21,23,28H,4-5,8,14-16,18-20,22H2,1-2H3,(H,36,46)(H,37,44)/t28-/m1/s1. The van der Waals surface area contributed by atoms with Crippen LogP contribution < -0.4 is 15.4 Å². The van der Waals surface area contributed by atoms with Crippen molar-refractivity contribution in [3.05, 3.63) is 66.7 Å². The molecular weight excluding hydrogens is 605 g/mol. The number of nitrogens with zero attached hydrogens (tertiary/aromatic N) is 7. The Morgan fingerprint density at radius 3 is 2.74 bits per heavy atom. The van der Waals surface area contributed by atoms with E-state index in [-0.39, 0.29) is 43.1 Å². The van der Waals surface area contributed by atoms with Gasteiger partial charge in [0.15, 0.2) is 0 Å². The van der Waals surface area contributed by atoms with E-state index in [0.29, 0.717) is 62.6 Å². The summed E-state index contributed by atoms with van der Waals surface area (Å²) in [4.78, 5) is 47.2. The van der Waals surface area contributed by atoms with Crippen LogP contribution in [0.25, 0.3) is 22.8 Å². The third-order valence-electron chi connectivity index (χ3n) is 7.65. The number of hydrogen-bond donors (Lipinski definition) is 2. The van der Waals surface area contributed by atoms with Crippen molar-refractivity contribution < 1.29 is 23.5 Å². The maximum atomic E-state index is 13.4. The summed E-state index contributed by atoms with van der Waals surface area (Å²) in [5, 5.41) is 18.2. The average Bonchev–Trinajstić information content (AvgIpc) is 3.72. The molecule has 0 saturated carbocycles. The number of tetrazole rings is 1. The Bertz CT molecular complexity index is 1650. The van der Waals surface area contributed by atoms with Crippen LogP contribution in [-0.4, -0.2) is 84.7 Å². The molecule has 1 atom stereocenters. The molecule has 0 spiro atoms. The fourth-order valence-electron chi connectivity index (χ4n) is 5.33. The SMILES string of the molecule is CC(C)C[C@H]1NC(=O)CN(C(=O)CCCn2nnc(-c3ccc(F)cc3)n2)CCCOc2cccc(c2)-c2nccn2CCNC1=O. The van der Waals surface area contributed by atoms with E-state index in [2.05, 4.69) is 31.0 Å². The number of imidazole rings is 1. The smallest absolute Gasteiger partial charge is 0.242 e. The van der Waals surface area contributed by atoms with E-state index in [4.69, 9.17) is 4.74 Å². The number of carbonyl (C=O) groups is 3. The fraction of sp³-hybridized carbons (Fsp3) is 0.424. The zero-order valence-corrected chi connectivity index (χ0v) is 26.6. The molecule has 47 heavy (non-hydrogen) atoms. The van der Waals surface area contributed by atoms with Crippen molar-refractivity contribution in [3.8, 4) is 28.5 Å². The molecule has 0 fully saturated rings. The van der Waals surface area contributed by atoms with E-state index in [1.807, 2.05) is 48.9 Å². The molecule has 1 aliphatic heterocycles. The molecule has 3 amide bonds. The highest BCUT2D eigenvalue weighted by Crippen LogP contribution is 2.23. The number of halogens is 1. The van der Waals surface area contributed by atoms with E-state index in [1.54, 1.807) is 18.3 Å². The number of carbonyl (C=O) groups excluding carboxylic acids is 3. The van der Waals surface area contributed by atoms with Gasteiger partial charge in [-0.25, -0.2) is 9.37 Å². The average molecular weight is 646 g/mol. The second kappa shape index (κ2) is 15.9. The van der Waals surface area contributed by atoms with E-state index in [0.717, 1.165) is 11.4 Å². The Balaban J connectivity index is 1.26. The number of benzene rings is 2. The van der Waals surface area contributed by atoms with Gasteiger partial charge in [-0.1, -0.05) is 26.0 Å². The van der Waals surface area contributed by atoms with Gasteiger partial charge >= 0.3 is 0 Å². The third kappa shape index (κ3) is 9.44. The second-order valence-corrected chi connectivity index (χ2v) is 11.8. The van der Waals surface area contributed by atoms with E-state index in [9.17, 15) is 18.8 Å². The first kappa shape index (κ1) is 33.2. The number of aryl methyl sites for hydroxylation is 1. The number of rotatable bonds is 7. The summed E-state index contributed by atoms with van der Waals surface area (Å²) in [6.45, 7) is 5.57. The van der Waals surface area contributed by atoms with Gasteiger partial charge < -0.3 is 24.8 Å². The van der Waals surface area contributed by atoms with E-state index < -0.39 is 11.9 Å². The van der Waals surface area contributed by atoms with Crippen LogP contribution in [0.2, 0.25) is 0 Å². The molecule has 0 saturated heterocycles. The van der Waals surface area contributed by atoms with Crippen LogP contribution in [0.15, 0.2) is 60.9 Å². The van der Waals surface area contributed by atoms with Crippen molar-refractivity contribution >= 4 is 17.7 Å². The quantitative estimate of drug-likeness (QED) is 0.312. The second-order valence-electron chi connectivity index (χ2n) is 11.8. The van der Waals surface area contributed by atoms with Crippen LogP contribution in [0.5, 0.6) is 5.75 Å². The molecule has 0 aliphatic carbocycles. The monoisotopic (exact) mass is 645 g/mol. The van der Waals surface area contributed by atoms with Crippen LogP contribution in [-0.2, 0) is 27.5 Å². The number of nitrogens with one attached hydrogen (secondary N) is 2. The lowest BCUT2D eigenvalue weighted by atomic mass is 10.0. The Morgan fingerprint density at radius 2 is 1.94 bits per heavy atom. The summed E-state index contributed by atoms with van der Waals surface area (Å²) in [6.07, 6.45) is 5.07. The first-order valence-electron chi connectivity index (χ1n) is 15.9. The molecule has 2 aromatic heterocycles. The third-order valence-corrected chi connectivity index (χ3v) is 7.65. The summed E-state index contributed by atoms with van der Waals surface area (Å²) in [6, 6.07) is 12.7. The van der Waals surface area contributed by atoms with Crippen LogP contribution in [0.1, 0.15) is 39.5 Å². The summed E-state index contributed by atoms with van der Waals surface area (Å²) >= 11 is 0. The molecule has 2 bridgehead atoms. The number of hydrogen-bond acceptors (Lipinski definition) is 8. The van der Waals surface area contributed by atoms with Gasteiger partial charge in [-0.15, -0.1) is 10.2 Å². The van der Waals surface area contributed by atoms with Crippen molar-refractivity contribution in [1.29, 1.82) is 0 Å². The van der Waals surface area contributed by atoms with Gasteiger partial charge in [-0.2, -0.15) is 4.80 Å².